The maximum Gasteiger partial charge on any atom is 0.261 e. The summed E-state index contributed by atoms with van der Waals surface area (Å²) in [6, 6.07) is 19.2. The number of carbonyl (C=O) groups excluding carboxylic acids is 1. The van der Waals surface area contributed by atoms with Gasteiger partial charge in [0.2, 0.25) is 0 Å². The molecule has 0 aliphatic heterocycles. The standard InChI is InChI=1S/C23H23ClN2O5S/c1-16(15-31-19-11-9-18(30-2)10-12-19)25-23(27)21-13-8-17(14-22(21)24)26-32(28,29)20-6-4-3-5-7-20/h3-14,16,26H,15H2,1-2H3,(H,25,27). The van der Waals surface area contributed by atoms with Crippen LogP contribution in [0.3, 0.4) is 0 Å². The average molecular weight is 475 g/mol. The largest absolute Gasteiger partial charge is 0.497 e. The zero-order valence-electron chi connectivity index (χ0n) is 17.5. The van der Waals surface area contributed by atoms with Crippen LogP contribution in [-0.4, -0.2) is 34.1 Å². The third-order valence-corrected chi connectivity index (χ3v) is 6.17. The quantitative estimate of drug-likeness (QED) is 0.481. The number of rotatable bonds is 9. The van der Waals surface area contributed by atoms with Gasteiger partial charge in [-0.15, -0.1) is 0 Å². The summed E-state index contributed by atoms with van der Waals surface area (Å²) < 4.78 is 38.1. The molecule has 0 radical (unpaired) electrons. The van der Waals surface area contributed by atoms with E-state index in [1.807, 2.05) is 0 Å². The molecule has 3 rings (SSSR count). The fourth-order valence-corrected chi connectivity index (χ4v) is 4.15. The Hall–Kier alpha value is -3.23. The second kappa shape index (κ2) is 10.4. The number of nitrogens with one attached hydrogen (secondary N) is 2. The number of amides is 1. The van der Waals surface area contributed by atoms with Crippen molar-refractivity contribution in [2.24, 2.45) is 0 Å². The van der Waals surface area contributed by atoms with Crippen LogP contribution in [-0.2, 0) is 10.0 Å². The zero-order valence-corrected chi connectivity index (χ0v) is 19.1. The van der Waals surface area contributed by atoms with Gasteiger partial charge in [-0.25, -0.2) is 8.42 Å². The summed E-state index contributed by atoms with van der Waals surface area (Å²) in [5.74, 6) is 0.987. The highest BCUT2D eigenvalue weighted by Crippen LogP contribution is 2.23. The minimum Gasteiger partial charge on any atom is -0.497 e. The van der Waals surface area contributed by atoms with Crippen molar-refractivity contribution in [3.05, 3.63) is 83.4 Å². The first-order valence-electron chi connectivity index (χ1n) is 9.73. The summed E-state index contributed by atoms with van der Waals surface area (Å²) in [5, 5.41) is 2.94. The van der Waals surface area contributed by atoms with Gasteiger partial charge in [0, 0.05) is 0 Å². The molecule has 1 amide bonds. The van der Waals surface area contributed by atoms with Gasteiger partial charge in [0.1, 0.15) is 18.1 Å². The molecule has 1 atom stereocenters. The van der Waals surface area contributed by atoms with Gasteiger partial charge >= 0.3 is 0 Å². The normalized spacial score (nSPS) is 12.0. The van der Waals surface area contributed by atoms with Gasteiger partial charge < -0.3 is 14.8 Å². The Morgan fingerprint density at radius 1 is 1.00 bits per heavy atom. The molecule has 2 N–H and O–H groups in total. The van der Waals surface area contributed by atoms with Crippen LogP contribution in [0.25, 0.3) is 0 Å². The van der Waals surface area contributed by atoms with E-state index in [4.69, 9.17) is 21.1 Å². The summed E-state index contributed by atoms with van der Waals surface area (Å²) in [6.07, 6.45) is 0. The minimum absolute atomic E-state index is 0.124. The molecule has 168 valence electrons. The first-order chi connectivity index (χ1) is 15.3. The Kier molecular flexibility index (Phi) is 7.61. The number of ether oxygens (including phenoxy) is 2. The molecule has 3 aromatic rings. The van der Waals surface area contributed by atoms with Crippen molar-refractivity contribution in [2.75, 3.05) is 18.4 Å². The van der Waals surface area contributed by atoms with Gasteiger partial charge in [0.15, 0.2) is 0 Å². The molecule has 1 unspecified atom stereocenters. The van der Waals surface area contributed by atoms with Gasteiger partial charge in [0.05, 0.1) is 34.3 Å². The molecule has 32 heavy (non-hydrogen) atoms. The Morgan fingerprint density at radius 2 is 1.66 bits per heavy atom. The van der Waals surface area contributed by atoms with E-state index in [-0.39, 0.29) is 33.8 Å². The molecular formula is C23H23ClN2O5S. The van der Waals surface area contributed by atoms with Crippen LogP contribution >= 0.6 is 11.6 Å². The topological polar surface area (TPSA) is 93.7 Å². The van der Waals surface area contributed by atoms with E-state index in [1.54, 1.807) is 56.5 Å². The molecule has 0 bridgehead atoms. The Balaban J connectivity index is 1.59. The number of carbonyl (C=O) groups is 1. The van der Waals surface area contributed by atoms with Crippen LogP contribution in [0.2, 0.25) is 5.02 Å². The van der Waals surface area contributed by atoms with Crippen molar-refractivity contribution in [1.82, 2.24) is 5.32 Å². The van der Waals surface area contributed by atoms with Crippen LogP contribution in [0, 0.1) is 0 Å². The van der Waals surface area contributed by atoms with Crippen molar-refractivity contribution >= 4 is 33.2 Å². The number of hydrogen-bond donors (Lipinski definition) is 2. The van der Waals surface area contributed by atoms with Gasteiger partial charge in [-0.2, -0.15) is 0 Å². The second-order valence-electron chi connectivity index (χ2n) is 6.97. The molecule has 0 saturated heterocycles. The predicted molar refractivity (Wildman–Crippen MR) is 124 cm³/mol. The summed E-state index contributed by atoms with van der Waals surface area (Å²) >= 11 is 6.25. The van der Waals surface area contributed by atoms with E-state index in [1.165, 1.54) is 30.3 Å². The number of hydrogen-bond acceptors (Lipinski definition) is 5. The SMILES string of the molecule is COc1ccc(OCC(C)NC(=O)c2ccc(NS(=O)(=O)c3ccccc3)cc2Cl)cc1. The van der Waals surface area contributed by atoms with Gasteiger partial charge in [-0.3, -0.25) is 9.52 Å². The number of anilines is 1. The third kappa shape index (κ3) is 6.15. The summed E-state index contributed by atoms with van der Waals surface area (Å²) in [5.41, 5.74) is 0.483. The predicted octanol–water partition coefficient (Wildman–Crippen LogP) is 4.35. The van der Waals surface area contributed by atoms with Gasteiger partial charge in [-0.1, -0.05) is 29.8 Å². The van der Waals surface area contributed by atoms with Crippen LogP contribution in [0.15, 0.2) is 77.7 Å². The lowest BCUT2D eigenvalue weighted by Crippen LogP contribution is -2.36. The number of methoxy groups -OCH3 is 1. The average Bonchev–Trinajstić information content (AvgIpc) is 2.78. The molecule has 0 saturated carbocycles. The molecule has 0 fully saturated rings. The Labute approximate surface area is 192 Å². The fraction of sp³-hybridized carbons (Fsp3) is 0.174. The lowest BCUT2D eigenvalue weighted by Gasteiger charge is -2.16. The molecular weight excluding hydrogens is 452 g/mol. The summed E-state index contributed by atoms with van der Waals surface area (Å²) in [7, 11) is -2.17. The third-order valence-electron chi connectivity index (χ3n) is 4.46. The van der Waals surface area contributed by atoms with Crippen LogP contribution < -0.4 is 19.5 Å². The molecule has 9 heteroatoms. The van der Waals surface area contributed by atoms with E-state index in [2.05, 4.69) is 10.0 Å². The first-order valence-corrected chi connectivity index (χ1v) is 11.6. The maximum absolute atomic E-state index is 12.6. The molecule has 0 heterocycles. The lowest BCUT2D eigenvalue weighted by atomic mass is 10.2. The van der Waals surface area contributed by atoms with E-state index in [9.17, 15) is 13.2 Å². The summed E-state index contributed by atoms with van der Waals surface area (Å²) in [4.78, 5) is 12.7. The highest BCUT2D eigenvalue weighted by molar-refractivity contribution is 7.92. The van der Waals surface area contributed by atoms with Crippen molar-refractivity contribution in [1.29, 1.82) is 0 Å². The van der Waals surface area contributed by atoms with Crippen molar-refractivity contribution in [3.8, 4) is 11.5 Å². The monoisotopic (exact) mass is 474 g/mol. The number of halogens is 1. The Bertz CT molecular complexity index is 1170. The molecule has 0 aliphatic carbocycles. The number of benzene rings is 3. The smallest absolute Gasteiger partial charge is 0.261 e. The highest BCUT2D eigenvalue weighted by atomic mass is 35.5. The number of sulfonamides is 1. The molecule has 0 aliphatic rings. The molecule has 0 aromatic heterocycles. The van der Waals surface area contributed by atoms with Crippen LogP contribution in [0.4, 0.5) is 5.69 Å². The molecule has 3 aromatic carbocycles. The Morgan fingerprint density at radius 3 is 2.28 bits per heavy atom. The first kappa shape index (κ1) is 23.4. The second-order valence-corrected chi connectivity index (χ2v) is 9.06. The highest BCUT2D eigenvalue weighted by Gasteiger charge is 2.17. The van der Waals surface area contributed by atoms with E-state index >= 15 is 0 Å². The fourth-order valence-electron chi connectivity index (χ4n) is 2.81. The summed E-state index contributed by atoms with van der Waals surface area (Å²) in [6.45, 7) is 2.06. The van der Waals surface area contributed by atoms with Crippen molar-refractivity contribution in [3.63, 3.8) is 0 Å². The minimum atomic E-state index is -3.75. The van der Waals surface area contributed by atoms with Gasteiger partial charge in [-0.05, 0) is 61.5 Å². The zero-order chi connectivity index (χ0) is 23.1. The lowest BCUT2D eigenvalue weighted by molar-refractivity contribution is 0.0927. The van der Waals surface area contributed by atoms with Gasteiger partial charge in [0.25, 0.3) is 15.9 Å². The van der Waals surface area contributed by atoms with E-state index in [0.717, 1.165) is 5.75 Å². The van der Waals surface area contributed by atoms with Crippen molar-refractivity contribution < 1.29 is 22.7 Å². The van der Waals surface area contributed by atoms with Crippen LogP contribution in [0.5, 0.6) is 11.5 Å². The molecule has 7 nitrogen and oxygen atoms in total. The van der Waals surface area contributed by atoms with Crippen molar-refractivity contribution in [2.45, 2.75) is 17.9 Å². The van der Waals surface area contributed by atoms with E-state index in [0.29, 0.717) is 5.75 Å². The van der Waals surface area contributed by atoms with E-state index < -0.39 is 15.9 Å². The maximum atomic E-state index is 12.6. The molecule has 0 spiro atoms. The van der Waals surface area contributed by atoms with Crippen LogP contribution in [0.1, 0.15) is 17.3 Å².